The van der Waals surface area contributed by atoms with Gasteiger partial charge in [-0.25, -0.2) is 0 Å². The van der Waals surface area contributed by atoms with Crippen molar-refractivity contribution in [2.75, 3.05) is 20.1 Å². The summed E-state index contributed by atoms with van der Waals surface area (Å²) in [7, 11) is 2.35. The summed E-state index contributed by atoms with van der Waals surface area (Å²) in [6, 6.07) is 1.79. The fraction of sp³-hybridized carbons (Fsp3) is 1.00. The first kappa shape index (κ1) is 12.4. The molecule has 2 nitrogen and oxygen atoms in total. The van der Waals surface area contributed by atoms with E-state index < -0.39 is 0 Å². The summed E-state index contributed by atoms with van der Waals surface area (Å²) in [6.07, 6.45) is 7.21. The minimum Gasteiger partial charge on any atom is -0.316 e. The van der Waals surface area contributed by atoms with Crippen LogP contribution in [-0.4, -0.2) is 37.1 Å². The van der Waals surface area contributed by atoms with E-state index in [9.17, 15) is 0 Å². The van der Waals surface area contributed by atoms with Crippen LogP contribution in [0.3, 0.4) is 0 Å². The van der Waals surface area contributed by atoms with Gasteiger partial charge >= 0.3 is 0 Å². The highest BCUT2D eigenvalue weighted by Crippen LogP contribution is 2.36. The highest BCUT2D eigenvalue weighted by atomic mass is 15.2. The zero-order chi connectivity index (χ0) is 11.5. The number of nitrogens with one attached hydrogen (secondary N) is 1. The molecule has 1 N–H and O–H groups in total. The molecule has 0 radical (unpaired) electrons. The van der Waals surface area contributed by atoms with Crippen molar-refractivity contribution in [3.8, 4) is 0 Å². The Balaban J connectivity index is 1.66. The van der Waals surface area contributed by atoms with Gasteiger partial charge in [0.2, 0.25) is 0 Å². The Labute approximate surface area is 101 Å². The maximum atomic E-state index is 3.62. The van der Waals surface area contributed by atoms with E-state index in [1.807, 2.05) is 0 Å². The lowest BCUT2D eigenvalue weighted by Crippen LogP contribution is -2.54. The van der Waals surface area contributed by atoms with Gasteiger partial charge in [-0.1, -0.05) is 20.3 Å². The Morgan fingerprint density at radius 2 is 1.94 bits per heavy atom. The smallest absolute Gasteiger partial charge is 0.0136 e. The highest BCUT2D eigenvalue weighted by Gasteiger charge is 2.37. The fourth-order valence-electron chi connectivity index (χ4n) is 2.95. The van der Waals surface area contributed by atoms with Crippen LogP contribution >= 0.6 is 0 Å². The van der Waals surface area contributed by atoms with Crippen molar-refractivity contribution in [2.24, 2.45) is 11.8 Å². The molecule has 0 bridgehead atoms. The normalized spacial score (nSPS) is 30.6. The maximum Gasteiger partial charge on any atom is 0.0136 e. The Morgan fingerprint density at radius 1 is 1.19 bits per heavy atom. The molecule has 2 aliphatic rings. The number of nitrogens with zero attached hydrogens (tertiary/aromatic N) is 1. The van der Waals surface area contributed by atoms with Crippen LogP contribution in [0.4, 0.5) is 0 Å². The SMILES string of the molecule is CC(C)CNCC1CCC1N(C)C1CCC1. The quantitative estimate of drug-likeness (QED) is 0.746. The minimum absolute atomic E-state index is 0.780. The van der Waals surface area contributed by atoms with Gasteiger partial charge in [0.25, 0.3) is 0 Å². The molecule has 2 heteroatoms. The lowest BCUT2D eigenvalue weighted by Gasteiger charge is -2.48. The third-order valence-electron chi connectivity index (χ3n) is 4.51. The molecule has 2 aliphatic carbocycles. The fourth-order valence-corrected chi connectivity index (χ4v) is 2.95. The molecule has 2 rings (SSSR count). The van der Waals surface area contributed by atoms with Gasteiger partial charge in [0.05, 0.1) is 0 Å². The van der Waals surface area contributed by atoms with Gasteiger partial charge in [0, 0.05) is 12.1 Å². The second kappa shape index (κ2) is 5.50. The van der Waals surface area contributed by atoms with Crippen LogP contribution in [0.2, 0.25) is 0 Å². The summed E-state index contributed by atoms with van der Waals surface area (Å²) in [5.74, 6) is 1.70. The minimum atomic E-state index is 0.780. The van der Waals surface area contributed by atoms with E-state index in [4.69, 9.17) is 0 Å². The van der Waals surface area contributed by atoms with Gasteiger partial charge in [-0.2, -0.15) is 0 Å². The summed E-state index contributed by atoms with van der Waals surface area (Å²) in [5.41, 5.74) is 0. The second-order valence-electron chi connectivity index (χ2n) is 6.21. The van der Waals surface area contributed by atoms with Crippen molar-refractivity contribution in [2.45, 2.75) is 58.0 Å². The Bertz CT molecular complexity index is 211. The molecular weight excluding hydrogens is 196 g/mol. The van der Waals surface area contributed by atoms with Gasteiger partial charge < -0.3 is 10.2 Å². The van der Waals surface area contributed by atoms with Gasteiger partial charge in [-0.3, -0.25) is 0 Å². The molecule has 0 amide bonds. The van der Waals surface area contributed by atoms with Crippen LogP contribution in [0.15, 0.2) is 0 Å². The van der Waals surface area contributed by atoms with E-state index in [0.717, 1.165) is 23.9 Å². The molecule has 0 aliphatic heterocycles. The van der Waals surface area contributed by atoms with Crippen LogP contribution in [-0.2, 0) is 0 Å². The molecule has 2 saturated carbocycles. The van der Waals surface area contributed by atoms with Gasteiger partial charge in [-0.05, 0) is 57.7 Å². The van der Waals surface area contributed by atoms with Crippen LogP contribution in [0.1, 0.15) is 46.0 Å². The Morgan fingerprint density at radius 3 is 2.38 bits per heavy atom. The standard InChI is InChI=1S/C14H28N2/c1-11(2)9-15-10-12-7-8-14(12)16(3)13-5-4-6-13/h11-15H,4-10H2,1-3H3. The van der Waals surface area contributed by atoms with E-state index >= 15 is 0 Å². The van der Waals surface area contributed by atoms with Crippen molar-refractivity contribution in [1.29, 1.82) is 0 Å². The first-order valence-electron chi connectivity index (χ1n) is 7.11. The van der Waals surface area contributed by atoms with E-state index in [2.05, 4.69) is 31.1 Å². The number of hydrogen-bond acceptors (Lipinski definition) is 2. The Hall–Kier alpha value is -0.0800. The molecule has 0 aromatic rings. The van der Waals surface area contributed by atoms with Crippen molar-refractivity contribution in [1.82, 2.24) is 10.2 Å². The lowest BCUT2D eigenvalue weighted by atomic mass is 9.76. The number of rotatable bonds is 6. The molecule has 16 heavy (non-hydrogen) atoms. The predicted molar refractivity (Wildman–Crippen MR) is 69.6 cm³/mol. The molecule has 2 unspecified atom stereocenters. The molecule has 0 spiro atoms. The van der Waals surface area contributed by atoms with E-state index in [1.165, 1.54) is 45.2 Å². The van der Waals surface area contributed by atoms with Crippen molar-refractivity contribution < 1.29 is 0 Å². The largest absolute Gasteiger partial charge is 0.316 e. The summed E-state index contributed by atoms with van der Waals surface area (Å²) < 4.78 is 0. The topological polar surface area (TPSA) is 15.3 Å². The highest BCUT2D eigenvalue weighted by molar-refractivity contribution is 4.93. The van der Waals surface area contributed by atoms with Gasteiger partial charge in [0.15, 0.2) is 0 Å². The van der Waals surface area contributed by atoms with Crippen molar-refractivity contribution in [3.05, 3.63) is 0 Å². The van der Waals surface area contributed by atoms with Crippen LogP contribution in [0.25, 0.3) is 0 Å². The molecular formula is C14H28N2. The first-order valence-corrected chi connectivity index (χ1v) is 7.11. The Kier molecular flexibility index (Phi) is 4.26. The van der Waals surface area contributed by atoms with Gasteiger partial charge in [0.1, 0.15) is 0 Å². The molecule has 2 fully saturated rings. The third-order valence-corrected chi connectivity index (χ3v) is 4.51. The van der Waals surface area contributed by atoms with E-state index in [1.54, 1.807) is 0 Å². The molecule has 0 heterocycles. The van der Waals surface area contributed by atoms with Crippen LogP contribution in [0.5, 0.6) is 0 Å². The first-order chi connectivity index (χ1) is 7.68. The van der Waals surface area contributed by atoms with E-state index in [-0.39, 0.29) is 0 Å². The van der Waals surface area contributed by atoms with E-state index in [0.29, 0.717) is 0 Å². The summed E-state index contributed by atoms with van der Waals surface area (Å²) in [5, 5.41) is 3.62. The second-order valence-corrected chi connectivity index (χ2v) is 6.21. The monoisotopic (exact) mass is 224 g/mol. The van der Waals surface area contributed by atoms with Crippen molar-refractivity contribution in [3.63, 3.8) is 0 Å². The molecule has 0 aromatic carbocycles. The lowest BCUT2D eigenvalue weighted by molar-refractivity contribution is 0.0212. The average molecular weight is 224 g/mol. The number of hydrogen-bond donors (Lipinski definition) is 1. The van der Waals surface area contributed by atoms with Crippen molar-refractivity contribution >= 4 is 0 Å². The average Bonchev–Trinajstić information content (AvgIpc) is 2.06. The summed E-state index contributed by atoms with van der Waals surface area (Å²) >= 11 is 0. The third kappa shape index (κ3) is 2.78. The molecule has 0 aromatic heterocycles. The van der Waals surface area contributed by atoms with Gasteiger partial charge in [-0.15, -0.1) is 0 Å². The maximum absolute atomic E-state index is 3.62. The van der Waals surface area contributed by atoms with Crippen LogP contribution < -0.4 is 5.32 Å². The zero-order valence-corrected chi connectivity index (χ0v) is 11.2. The summed E-state index contributed by atoms with van der Waals surface area (Å²) in [6.45, 7) is 6.98. The molecule has 94 valence electrons. The zero-order valence-electron chi connectivity index (χ0n) is 11.2. The summed E-state index contributed by atoms with van der Waals surface area (Å²) in [4.78, 5) is 2.68. The van der Waals surface area contributed by atoms with Crippen LogP contribution in [0, 0.1) is 11.8 Å². The molecule has 2 atom stereocenters. The molecule has 0 saturated heterocycles. The predicted octanol–water partition coefficient (Wildman–Crippen LogP) is 2.49.